The minimum absolute atomic E-state index is 0.251. The first-order valence-electron chi connectivity index (χ1n) is 7.82. The highest BCUT2D eigenvalue weighted by molar-refractivity contribution is 7.99. The van der Waals surface area contributed by atoms with Crippen LogP contribution >= 0.6 is 11.8 Å². The molecule has 1 N–H and O–H groups in total. The van der Waals surface area contributed by atoms with E-state index in [1.54, 1.807) is 0 Å². The van der Waals surface area contributed by atoms with E-state index in [1.807, 2.05) is 0 Å². The van der Waals surface area contributed by atoms with Gasteiger partial charge in [0.25, 0.3) is 0 Å². The van der Waals surface area contributed by atoms with Gasteiger partial charge < -0.3 is 14.8 Å². The fourth-order valence-electron chi connectivity index (χ4n) is 2.95. The summed E-state index contributed by atoms with van der Waals surface area (Å²) in [6, 6.07) is 0.623. The van der Waals surface area contributed by atoms with E-state index in [2.05, 4.69) is 37.8 Å². The van der Waals surface area contributed by atoms with Crippen LogP contribution in [0.5, 0.6) is 0 Å². The highest BCUT2D eigenvalue weighted by Gasteiger charge is 2.45. The van der Waals surface area contributed by atoms with Crippen LogP contribution in [0.1, 0.15) is 46.5 Å². The Bertz CT molecular complexity index is 269. The fourth-order valence-corrected chi connectivity index (χ4v) is 4.60. The van der Waals surface area contributed by atoms with Crippen LogP contribution in [0.3, 0.4) is 0 Å². The summed E-state index contributed by atoms with van der Waals surface area (Å²) < 4.78 is 11.8. The smallest absolute Gasteiger partial charge is 0.169 e. The predicted octanol–water partition coefficient (Wildman–Crippen LogP) is 3.04. The molecule has 3 atom stereocenters. The molecule has 0 amide bonds. The van der Waals surface area contributed by atoms with Crippen LogP contribution in [-0.4, -0.2) is 42.6 Å². The van der Waals surface area contributed by atoms with Crippen molar-refractivity contribution < 1.29 is 9.47 Å². The van der Waals surface area contributed by atoms with Gasteiger partial charge in [-0.3, -0.25) is 0 Å². The molecule has 2 aliphatic rings. The van der Waals surface area contributed by atoms with E-state index < -0.39 is 0 Å². The number of ether oxygens (including phenoxy) is 2. The summed E-state index contributed by atoms with van der Waals surface area (Å²) in [5, 5.41) is 4.28. The van der Waals surface area contributed by atoms with Gasteiger partial charge in [-0.2, -0.15) is 11.8 Å². The normalized spacial score (nSPS) is 31.7. The SMILES string of the molecule is CCNC1CCC2(CC1SCC(C)CC)OCCO2. The zero-order valence-corrected chi connectivity index (χ0v) is 13.4. The van der Waals surface area contributed by atoms with E-state index in [-0.39, 0.29) is 5.79 Å². The van der Waals surface area contributed by atoms with E-state index in [0.717, 1.165) is 38.5 Å². The van der Waals surface area contributed by atoms with Gasteiger partial charge in [-0.25, -0.2) is 0 Å². The molecule has 1 saturated heterocycles. The molecule has 0 bridgehead atoms. The van der Waals surface area contributed by atoms with Gasteiger partial charge in [0.05, 0.1) is 13.2 Å². The van der Waals surface area contributed by atoms with Gasteiger partial charge in [0.15, 0.2) is 5.79 Å². The van der Waals surface area contributed by atoms with Crippen LogP contribution in [0.15, 0.2) is 0 Å². The summed E-state index contributed by atoms with van der Waals surface area (Å²) in [5.41, 5.74) is 0. The van der Waals surface area contributed by atoms with Crippen LogP contribution in [0, 0.1) is 5.92 Å². The molecular weight excluding hydrogens is 258 g/mol. The second-order valence-electron chi connectivity index (χ2n) is 5.90. The van der Waals surface area contributed by atoms with Crippen molar-refractivity contribution in [1.82, 2.24) is 5.32 Å². The fraction of sp³-hybridized carbons (Fsp3) is 1.00. The second kappa shape index (κ2) is 7.30. The second-order valence-corrected chi connectivity index (χ2v) is 7.17. The van der Waals surface area contributed by atoms with Gasteiger partial charge in [-0.05, 0) is 24.6 Å². The van der Waals surface area contributed by atoms with E-state index >= 15 is 0 Å². The maximum Gasteiger partial charge on any atom is 0.169 e. The quantitative estimate of drug-likeness (QED) is 0.813. The Morgan fingerprint density at radius 3 is 2.68 bits per heavy atom. The summed E-state index contributed by atoms with van der Waals surface area (Å²) in [6.07, 6.45) is 4.53. The van der Waals surface area contributed by atoms with Crippen LogP contribution in [0.25, 0.3) is 0 Å². The lowest BCUT2D eigenvalue weighted by Gasteiger charge is -2.41. The first-order chi connectivity index (χ1) is 9.19. The van der Waals surface area contributed by atoms with Gasteiger partial charge in [-0.15, -0.1) is 0 Å². The van der Waals surface area contributed by atoms with Crippen molar-refractivity contribution in [2.75, 3.05) is 25.5 Å². The van der Waals surface area contributed by atoms with Crippen molar-refractivity contribution >= 4 is 11.8 Å². The third kappa shape index (κ3) is 4.10. The van der Waals surface area contributed by atoms with Crippen LogP contribution in [0.4, 0.5) is 0 Å². The predicted molar refractivity (Wildman–Crippen MR) is 81.7 cm³/mol. The molecule has 0 aromatic carbocycles. The third-order valence-corrected chi connectivity index (χ3v) is 6.05. The Kier molecular flexibility index (Phi) is 6.00. The number of thioether (sulfide) groups is 1. The molecular formula is C15H29NO2S. The molecule has 1 spiro atoms. The van der Waals surface area contributed by atoms with Gasteiger partial charge in [0.1, 0.15) is 0 Å². The molecule has 0 aromatic heterocycles. The molecule has 1 heterocycles. The monoisotopic (exact) mass is 287 g/mol. The van der Waals surface area contributed by atoms with Crippen molar-refractivity contribution in [3.63, 3.8) is 0 Å². The van der Waals surface area contributed by atoms with Crippen LogP contribution in [-0.2, 0) is 9.47 Å². The average Bonchev–Trinajstić information content (AvgIpc) is 2.87. The summed E-state index contributed by atoms with van der Waals surface area (Å²) in [7, 11) is 0. The van der Waals surface area contributed by atoms with Gasteiger partial charge >= 0.3 is 0 Å². The summed E-state index contributed by atoms with van der Waals surface area (Å²) in [5.74, 6) is 1.80. The zero-order valence-electron chi connectivity index (χ0n) is 12.6. The number of hydrogen-bond acceptors (Lipinski definition) is 4. The first-order valence-corrected chi connectivity index (χ1v) is 8.87. The first kappa shape index (κ1) is 15.6. The molecule has 1 saturated carbocycles. The Morgan fingerprint density at radius 2 is 2.05 bits per heavy atom. The number of hydrogen-bond donors (Lipinski definition) is 1. The minimum atomic E-state index is -0.251. The van der Waals surface area contributed by atoms with E-state index in [0.29, 0.717) is 11.3 Å². The zero-order chi connectivity index (χ0) is 13.7. The average molecular weight is 287 g/mol. The van der Waals surface area contributed by atoms with Crippen molar-refractivity contribution in [3.8, 4) is 0 Å². The van der Waals surface area contributed by atoms with E-state index in [1.165, 1.54) is 18.6 Å². The molecule has 2 rings (SSSR count). The Hall–Kier alpha value is 0.230. The standard InChI is InChI=1S/C15H29NO2S/c1-4-12(3)11-19-14-10-15(17-8-9-18-15)7-6-13(14)16-5-2/h12-14,16H,4-11H2,1-3H3. The Balaban J connectivity index is 1.92. The van der Waals surface area contributed by atoms with Gasteiger partial charge in [-0.1, -0.05) is 27.2 Å². The molecule has 3 nitrogen and oxygen atoms in total. The maximum atomic E-state index is 5.91. The molecule has 1 aliphatic carbocycles. The highest BCUT2D eigenvalue weighted by atomic mass is 32.2. The maximum absolute atomic E-state index is 5.91. The highest BCUT2D eigenvalue weighted by Crippen LogP contribution is 2.41. The van der Waals surface area contributed by atoms with Crippen molar-refractivity contribution in [1.29, 1.82) is 0 Å². The van der Waals surface area contributed by atoms with Crippen molar-refractivity contribution in [2.45, 2.75) is 63.5 Å². The Morgan fingerprint density at radius 1 is 1.32 bits per heavy atom. The number of rotatable bonds is 6. The Labute approximate surface area is 122 Å². The summed E-state index contributed by atoms with van der Waals surface area (Å²) in [6.45, 7) is 9.42. The lowest BCUT2D eigenvalue weighted by molar-refractivity contribution is -0.178. The third-order valence-electron chi connectivity index (χ3n) is 4.37. The molecule has 1 aliphatic heterocycles. The largest absolute Gasteiger partial charge is 0.347 e. The molecule has 4 heteroatoms. The summed E-state index contributed by atoms with van der Waals surface area (Å²) in [4.78, 5) is 0. The topological polar surface area (TPSA) is 30.5 Å². The van der Waals surface area contributed by atoms with E-state index in [4.69, 9.17) is 9.47 Å². The van der Waals surface area contributed by atoms with Crippen molar-refractivity contribution in [2.24, 2.45) is 5.92 Å². The van der Waals surface area contributed by atoms with Crippen LogP contribution < -0.4 is 5.32 Å². The van der Waals surface area contributed by atoms with Crippen LogP contribution in [0.2, 0.25) is 0 Å². The molecule has 112 valence electrons. The molecule has 0 aromatic rings. The minimum Gasteiger partial charge on any atom is -0.347 e. The molecule has 0 radical (unpaired) electrons. The van der Waals surface area contributed by atoms with Crippen molar-refractivity contribution in [3.05, 3.63) is 0 Å². The van der Waals surface area contributed by atoms with Gasteiger partial charge in [0, 0.05) is 24.1 Å². The lowest BCUT2D eigenvalue weighted by Crippen LogP contribution is -2.49. The molecule has 3 unspecified atom stereocenters. The van der Waals surface area contributed by atoms with Gasteiger partial charge in [0.2, 0.25) is 0 Å². The number of nitrogens with one attached hydrogen (secondary N) is 1. The molecule has 2 fully saturated rings. The molecule has 19 heavy (non-hydrogen) atoms. The summed E-state index contributed by atoms with van der Waals surface area (Å²) >= 11 is 2.12. The van der Waals surface area contributed by atoms with E-state index in [9.17, 15) is 0 Å². The lowest BCUT2D eigenvalue weighted by atomic mass is 9.89.